The summed E-state index contributed by atoms with van der Waals surface area (Å²) in [5, 5.41) is 9.88. The molecule has 10 nitrogen and oxygen atoms in total. The van der Waals surface area contributed by atoms with Crippen LogP contribution in [-0.2, 0) is 11.3 Å². The summed E-state index contributed by atoms with van der Waals surface area (Å²) in [7, 11) is 1.47. The van der Waals surface area contributed by atoms with Crippen molar-refractivity contribution in [3.8, 4) is 11.5 Å². The molecule has 4 rings (SSSR count). The molecule has 1 aromatic carbocycles. The number of ether oxygens (including phenoxy) is 2. The van der Waals surface area contributed by atoms with E-state index in [0.29, 0.717) is 29.3 Å². The van der Waals surface area contributed by atoms with Crippen LogP contribution in [0.1, 0.15) is 29.9 Å². The lowest BCUT2D eigenvalue weighted by atomic mass is 10.2. The van der Waals surface area contributed by atoms with Crippen molar-refractivity contribution in [2.75, 3.05) is 19.0 Å². The fraction of sp³-hybridized carbons (Fsp3) is 0.250. The highest BCUT2D eigenvalue weighted by Gasteiger charge is 2.14. The highest BCUT2D eigenvalue weighted by molar-refractivity contribution is 6.04. The lowest BCUT2D eigenvalue weighted by molar-refractivity contribution is -0.123. The van der Waals surface area contributed by atoms with Crippen LogP contribution in [0, 0.1) is 0 Å². The minimum atomic E-state index is -0.324. The summed E-state index contributed by atoms with van der Waals surface area (Å²) in [6, 6.07) is 10.6. The first-order valence-electron chi connectivity index (χ1n) is 10.8. The number of carbonyl (C=O) groups is 2. The van der Waals surface area contributed by atoms with Crippen molar-refractivity contribution >= 4 is 23.1 Å². The minimum absolute atomic E-state index is 0.0212. The first kappa shape index (κ1) is 22.8. The zero-order valence-corrected chi connectivity index (χ0v) is 19.2. The third kappa shape index (κ3) is 5.52. The average Bonchev–Trinajstić information content (AvgIpc) is 3.43. The van der Waals surface area contributed by atoms with E-state index in [0.717, 1.165) is 11.3 Å². The number of benzene rings is 1. The lowest BCUT2D eigenvalue weighted by Gasteiger charge is -2.13. The Morgan fingerprint density at radius 2 is 1.97 bits per heavy atom. The number of hydrogen-bond donors (Lipinski definition) is 2. The Balaban J connectivity index is 1.38. The number of aromatic nitrogens is 4. The van der Waals surface area contributed by atoms with Gasteiger partial charge in [-0.05, 0) is 44.2 Å². The molecule has 0 bridgehead atoms. The summed E-state index contributed by atoms with van der Waals surface area (Å²) < 4.78 is 14.5. The van der Waals surface area contributed by atoms with Gasteiger partial charge in [0.2, 0.25) is 0 Å². The van der Waals surface area contributed by atoms with Gasteiger partial charge in [-0.2, -0.15) is 5.10 Å². The van der Waals surface area contributed by atoms with E-state index in [1.165, 1.54) is 7.11 Å². The van der Waals surface area contributed by atoms with Gasteiger partial charge in [0.25, 0.3) is 11.8 Å². The number of nitrogens with one attached hydrogen (secondary N) is 2. The van der Waals surface area contributed by atoms with E-state index in [9.17, 15) is 9.59 Å². The number of fused-ring (bicyclic) bond motifs is 1. The van der Waals surface area contributed by atoms with Crippen LogP contribution in [0.2, 0.25) is 0 Å². The smallest absolute Gasteiger partial charge is 0.258 e. The number of imidazole rings is 1. The molecule has 34 heavy (non-hydrogen) atoms. The molecule has 176 valence electrons. The lowest BCUT2D eigenvalue weighted by Crippen LogP contribution is -2.34. The predicted molar refractivity (Wildman–Crippen MR) is 126 cm³/mol. The summed E-state index contributed by atoms with van der Waals surface area (Å²) in [5.74, 6) is 0.167. The molecule has 0 aliphatic carbocycles. The Hall–Kier alpha value is -4.34. The number of nitrogens with zero attached hydrogens (tertiary/aromatic N) is 4. The highest BCUT2D eigenvalue weighted by atomic mass is 16.5. The van der Waals surface area contributed by atoms with E-state index in [1.54, 1.807) is 35.3 Å². The summed E-state index contributed by atoms with van der Waals surface area (Å²) in [6.45, 7) is 4.07. The Bertz CT molecular complexity index is 1280. The number of anilines is 1. The second kappa shape index (κ2) is 10.1. The van der Waals surface area contributed by atoms with Crippen LogP contribution in [0.4, 0.5) is 5.69 Å². The number of methoxy groups -OCH3 is 1. The van der Waals surface area contributed by atoms with E-state index in [1.807, 2.05) is 48.8 Å². The molecule has 0 aliphatic rings. The molecular weight excluding hydrogens is 436 g/mol. The Labute approximate surface area is 196 Å². The third-order valence-electron chi connectivity index (χ3n) is 4.86. The van der Waals surface area contributed by atoms with Gasteiger partial charge < -0.3 is 24.5 Å². The summed E-state index contributed by atoms with van der Waals surface area (Å²) >= 11 is 0. The van der Waals surface area contributed by atoms with Gasteiger partial charge in [-0.25, -0.2) is 4.98 Å². The molecule has 2 N–H and O–H groups in total. The number of carbonyl (C=O) groups excluding carboxylic acids is 2. The van der Waals surface area contributed by atoms with Crippen molar-refractivity contribution < 1.29 is 19.1 Å². The fourth-order valence-electron chi connectivity index (χ4n) is 3.38. The molecule has 4 aromatic rings. The number of rotatable bonds is 9. The molecule has 2 amide bonds. The van der Waals surface area contributed by atoms with Crippen molar-refractivity contribution in [1.29, 1.82) is 0 Å². The van der Waals surface area contributed by atoms with Crippen molar-refractivity contribution in [1.82, 2.24) is 24.5 Å². The predicted octanol–water partition coefficient (Wildman–Crippen LogP) is 2.74. The van der Waals surface area contributed by atoms with Gasteiger partial charge in [0.1, 0.15) is 5.65 Å². The van der Waals surface area contributed by atoms with Crippen LogP contribution in [0.5, 0.6) is 11.5 Å². The van der Waals surface area contributed by atoms with Gasteiger partial charge >= 0.3 is 0 Å². The molecule has 0 atom stereocenters. The Morgan fingerprint density at radius 1 is 1.12 bits per heavy atom. The fourth-order valence-corrected chi connectivity index (χ4v) is 3.38. The van der Waals surface area contributed by atoms with Crippen molar-refractivity contribution in [2.24, 2.45) is 0 Å². The topological polar surface area (TPSA) is 112 Å². The summed E-state index contributed by atoms with van der Waals surface area (Å²) in [5.41, 5.74) is 2.65. The van der Waals surface area contributed by atoms with Gasteiger partial charge in [-0.15, -0.1) is 0 Å². The largest absolute Gasteiger partial charge is 0.493 e. The van der Waals surface area contributed by atoms with E-state index in [4.69, 9.17) is 9.47 Å². The number of hydrogen-bond acceptors (Lipinski definition) is 6. The summed E-state index contributed by atoms with van der Waals surface area (Å²) in [6.07, 6.45) is 7.20. The molecular formula is C24H26N6O4. The SMILES string of the molecule is COc1cc(C(=O)Nc2cnn(Cc3cn4ccccc4n3)c2)ccc1OCC(=O)NC(C)C. The molecule has 0 saturated heterocycles. The molecule has 0 saturated carbocycles. The molecule has 0 unspecified atom stereocenters. The second-order valence-electron chi connectivity index (χ2n) is 7.96. The summed E-state index contributed by atoms with van der Waals surface area (Å²) in [4.78, 5) is 29.1. The number of amides is 2. The van der Waals surface area contributed by atoms with Crippen LogP contribution in [-0.4, -0.2) is 50.7 Å². The van der Waals surface area contributed by atoms with Crippen LogP contribution >= 0.6 is 0 Å². The molecule has 0 fully saturated rings. The third-order valence-corrected chi connectivity index (χ3v) is 4.86. The standard InChI is InChI=1S/C24H26N6O4/c1-16(2)26-23(31)15-34-20-8-7-17(10-21(20)33-3)24(32)28-18-11-25-30(13-18)14-19-12-29-9-5-4-6-22(29)27-19/h4-13,16H,14-15H2,1-3H3,(H,26,31)(H,28,32). The maximum Gasteiger partial charge on any atom is 0.258 e. The highest BCUT2D eigenvalue weighted by Crippen LogP contribution is 2.28. The zero-order chi connectivity index (χ0) is 24.1. The monoisotopic (exact) mass is 462 g/mol. The quantitative estimate of drug-likeness (QED) is 0.396. The minimum Gasteiger partial charge on any atom is -0.493 e. The van der Waals surface area contributed by atoms with Gasteiger partial charge in [0.15, 0.2) is 18.1 Å². The van der Waals surface area contributed by atoms with Gasteiger partial charge in [0, 0.05) is 30.2 Å². The Kier molecular flexibility index (Phi) is 6.77. The Morgan fingerprint density at radius 3 is 2.74 bits per heavy atom. The van der Waals surface area contributed by atoms with Crippen molar-refractivity contribution in [3.63, 3.8) is 0 Å². The van der Waals surface area contributed by atoms with Gasteiger partial charge in [0.05, 0.1) is 31.2 Å². The first-order valence-corrected chi connectivity index (χ1v) is 10.8. The first-order chi connectivity index (χ1) is 16.4. The average molecular weight is 463 g/mol. The van der Waals surface area contributed by atoms with Gasteiger partial charge in [-0.3, -0.25) is 14.3 Å². The molecule has 0 spiro atoms. The van der Waals surface area contributed by atoms with Crippen LogP contribution < -0.4 is 20.1 Å². The normalized spacial score (nSPS) is 10.9. The van der Waals surface area contributed by atoms with Crippen LogP contribution in [0.25, 0.3) is 5.65 Å². The van der Waals surface area contributed by atoms with E-state index in [2.05, 4.69) is 20.7 Å². The molecule has 0 aliphatic heterocycles. The van der Waals surface area contributed by atoms with E-state index in [-0.39, 0.29) is 24.5 Å². The zero-order valence-electron chi connectivity index (χ0n) is 19.2. The van der Waals surface area contributed by atoms with E-state index >= 15 is 0 Å². The van der Waals surface area contributed by atoms with Crippen molar-refractivity contribution in [3.05, 3.63) is 72.4 Å². The molecule has 3 heterocycles. The van der Waals surface area contributed by atoms with Crippen LogP contribution in [0.3, 0.4) is 0 Å². The maximum absolute atomic E-state index is 12.7. The second-order valence-corrected chi connectivity index (χ2v) is 7.96. The number of pyridine rings is 1. The maximum atomic E-state index is 12.7. The van der Waals surface area contributed by atoms with Crippen LogP contribution in [0.15, 0.2) is 61.2 Å². The van der Waals surface area contributed by atoms with Gasteiger partial charge in [-0.1, -0.05) is 6.07 Å². The molecule has 0 radical (unpaired) electrons. The van der Waals surface area contributed by atoms with E-state index < -0.39 is 0 Å². The van der Waals surface area contributed by atoms with Crippen molar-refractivity contribution in [2.45, 2.75) is 26.4 Å². The molecule has 3 aromatic heterocycles. The molecule has 10 heteroatoms.